The molecule has 3 aliphatic rings. The molecular formula is C40H64O. The Morgan fingerprint density at radius 1 is 0.756 bits per heavy atom. The van der Waals surface area contributed by atoms with Crippen LogP contribution in [0.5, 0.6) is 5.75 Å². The summed E-state index contributed by atoms with van der Waals surface area (Å²) in [7, 11) is 0. The molecule has 0 bridgehead atoms. The molecule has 1 aromatic carbocycles. The number of benzene rings is 1. The molecule has 0 spiro atoms. The van der Waals surface area contributed by atoms with E-state index in [0.29, 0.717) is 17.8 Å². The van der Waals surface area contributed by atoms with Crippen molar-refractivity contribution in [1.29, 1.82) is 0 Å². The number of hydrogen-bond acceptors (Lipinski definition) is 1. The second-order valence-electron chi connectivity index (χ2n) is 14.5. The number of unbranched alkanes of at least 4 members (excludes halogenated alkanes) is 2. The lowest BCUT2D eigenvalue weighted by Crippen LogP contribution is -2.25. The maximum Gasteiger partial charge on any atom is 0.126 e. The fourth-order valence-corrected chi connectivity index (χ4v) is 8.77. The van der Waals surface area contributed by atoms with Crippen molar-refractivity contribution in [3.05, 3.63) is 54.1 Å². The van der Waals surface area contributed by atoms with E-state index in [-0.39, 0.29) is 0 Å². The summed E-state index contributed by atoms with van der Waals surface area (Å²) in [6.07, 6.45) is 30.5. The molecule has 4 rings (SSSR count). The summed E-state index contributed by atoms with van der Waals surface area (Å²) in [5.74, 6) is 6.78. The number of hydrogen-bond donors (Lipinski definition) is 0. The predicted molar refractivity (Wildman–Crippen MR) is 179 cm³/mol. The molecule has 1 heteroatoms. The molecule has 0 heterocycles. The second-order valence-corrected chi connectivity index (χ2v) is 14.5. The number of allylic oxidation sites excluding steroid dienone is 2. The zero-order valence-electron chi connectivity index (χ0n) is 27.3. The smallest absolute Gasteiger partial charge is 0.126 e. The number of ether oxygens (including phenoxy) is 1. The van der Waals surface area contributed by atoms with Crippen LogP contribution in [0.15, 0.2) is 37.4 Å². The van der Waals surface area contributed by atoms with Gasteiger partial charge in [0.2, 0.25) is 0 Å². The monoisotopic (exact) mass is 560 g/mol. The van der Waals surface area contributed by atoms with Crippen molar-refractivity contribution in [3.8, 4) is 5.75 Å². The van der Waals surface area contributed by atoms with Crippen LogP contribution in [-0.2, 0) is 6.42 Å². The first-order valence-electron chi connectivity index (χ1n) is 18.1. The van der Waals surface area contributed by atoms with Crippen LogP contribution in [0.25, 0.3) is 0 Å². The highest BCUT2D eigenvalue weighted by Gasteiger charge is 2.32. The van der Waals surface area contributed by atoms with E-state index < -0.39 is 0 Å². The highest BCUT2D eigenvalue weighted by molar-refractivity contribution is 5.49. The minimum Gasteiger partial charge on any atom is -0.493 e. The van der Waals surface area contributed by atoms with E-state index >= 15 is 0 Å². The van der Waals surface area contributed by atoms with Crippen molar-refractivity contribution < 1.29 is 4.74 Å². The van der Waals surface area contributed by atoms with Crippen LogP contribution in [0, 0.1) is 29.6 Å². The third-order valence-corrected chi connectivity index (χ3v) is 11.6. The third kappa shape index (κ3) is 9.24. The molecule has 1 unspecified atom stereocenters. The van der Waals surface area contributed by atoms with Gasteiger partial charge in [-0.1, -0.05) is 109 Å². The van der Waals surface area contributed by atoms with Crippen LogP contribution >= 0.6 is 0 Å². The van der Waals surface area contributed by atoms with Gasteiger partial charge in [-0.25, -0.2) is 0 Å². The lowest BCUT2D eigenvalue weighted by atomic mass is 9.67. The lowest BCUT2D eigenvalue weighted by molar-refractivity contribution is 0.156. The van der Waals surface area contributed by atoms with Gasteiger partial charge in [0.25, 0.3) is 0 Å². The first kappa shape index (κ1) is 32.4. The highest BCUT2D eigenvalue weighted by atomic mass is 16.5. The Bertz CT molecular complexity index is 905. The van der Waals surface area contributed by atoms with Crippen LogP contribution in [-0.4, -0.2) is 6.61 Å². The molecule has 0 radical (unpaired) electrons. The molecule has 3 saturated carbocycles. The van der Waals surface area contributed by atoms with Crippen LogP contribution < -0.4 is 4.74 Å². The molecule has 1 nitrogen and oxygen atoms in total. The molecule has 0 N–H and O–H groups in total. The van der Waals surface area contributed by atoms with E-state index in [2.05, 4.69) is 58.2 Å². The normalized spacial score (nSPS) is 29.5. The summed E-state index contributed by atoms with van der Waals surface area (Å²) >= 11 is 0. The fourth-order valence-electron chi connectivity index (χ4n) is 8.77. The number of rotatable bonds is 15. The van der Waals surface area contributed by atoms with Gasteiger partial charge in [0, 0.05) is 11.5 Å². The van der Waals surface area contributed by atoms with Crippen LogP contribution in [0.4, 0.5) is 0 Å². The van der Waals surface area contributed by atoms with Crippen molar-refractivity contribution in [2.75, 3.05) is 6.61 Å². The fraction of sp³-hybridized carbons (Fsp3) is 0.750. The maximum absolute atomic E-state index is 6.79. The molecule has 0 amide bonds. The molecule has 0 aliphatic heterocycles. The predicted octanol–water partition coefficient (Wildman–Crippen LogP) is 12.4. The van der Waals surface area contributed by atoms with E-state index in [9.17, 15) is 0 Å². The van der Waals surface area contributed by atoms with Gasteiger partial charge in [-0.3, -0.25) is 0 Å². The Morgan fingerprint density at radius 3 is 1.98 bits per heavy atom. The van der Waals surface area contributed by atoms with Gasteiger partial charge in [0.15, 0.2) is 0 Å². The summed E-state index contributed by atoms with van der Waals surface area (Å²) in [4.78, 5) is 0. The summed E-state index contributed by atoms with van der Waals surface area (Å²) in [6.45, 7) is 16.1. The molecule has 230 valence electrons. The van der Waals surface area contributed by atoms with Gasteiger partial charge in [0.1, 0.15) is 5.75 Å². The van der Waals surface area contributed by atoms with Crippen molar-refractivity contribution in [2.24, 2.45) is 29.6 Å². The van der Waals surface area contributed by atoms with E-state index in [4.69, 9.17) is 4.74 Å². The second kappa shape index (κ2) is 17.0. The molecule has 3 aliphatic carbocycles. The summed E-state index contributed by atoms with van der Waals surface area (Å²) in [5, 5.41) is 0. The Labute approximate surface area is 255 Å². The first-order valence-corrected chi connectivity index (χ1v) is 18.1. The molecule has 1 atom stereocenters. The quantitative estimate of drug-likeness (QED) is 0.153. The van der Waals surface area contributed by atoms with Crippen molar-refractivity contribution in [2.45, 2.75) is 155 Å². The Hall–Kier alpha value is -1.50. The van der Waals surface area contributed by atoms with Crippen LogP contribution in [0.1, 0.15) is 165 Å². The zero-order chi connectivity index (χ0) is 29.0. The Balaban J connectivity index is 1.38. The van der Waals surface area contributed by atoms with Gasteiger partial charge < -0.3 is 4.74 Å². The highest BCUT2D eigenvalue weighted by Crippen LogP contribution is 2.46. The van der Waals surface area contributed by atoms with E-state index in [0.717, 1.165) is 42.4 Å². The Kier molecular flexibility index (Phi) is 13.4. The van der Waals surface area contributed by atoms with Crippen molar-refractivity contribution >= 4 is 0 Å². The minimum absolute atomic E-state index is 0.303. The zero-order valence-corrected chi connectivity index (χ0v) is 27.3. The molecule has 0 aromatic heterocycles. The molecule has 0 saturated heterocycles. The standard InChI is InChI=1S/C40H64O/c1-6-10-11-14-32-15-17-33(18-16-32)29-41-40-37(13-8-3)27-38(28-39(40)30(5)9-4)36-25-23-35(24-26-36)34-21-19-31(12-7-2)20-22-34/h8-9,27-28,30-36H,3-4,6-7,10-26,29H2,1-2,5H3. The molecule has 3 fully saturated rings. The summed E-state index contributed by atoms with van der Waals surface area (Å²) in [5.41, 5.74) is 4.26. The van der Waals surface area contributed by atoms with E-state index in [1.807, 2.05) is 0 Å². The summed E-state index contributed by atoms with van der Waals surface area (Å²) in [6, 6.07) is 5.02. The topological polar surface area (TPSA) is 9.23 Å². The molecule has 41 heavy (non-hydrogen) atoms. The largest absolute Gasteiger partial charge is 0.493 e. The third-order valence-electron chi connectivity index (χ3n) is 11.6. The van der Waals surface area contributed by atoms with Gasteiger partial charge >= 0.3 is 0 Å². The average molecular weight is 561 g/mol. The molecule has 1 aromatic rings. The summed E-state index contributed by atoms with van der Waals surface area (Å²) < 4.78 is 6.79. The van der Waals surface area contributed by atoms with Crippen molar-refractivity contribution in [3.63, 3.8) is 0 Å². The van der Waals surface area contributed by atoms with Gasteiger partial charge in [-0.05, 0) is 104 Å². The van der Waals surface area contributed by atoms with Gasteiger partial charge in [0.05, 0.1) is 6.61 Å². The van der Waals surface area contributed by atoms with E-state index in [1.165, 1.54) is 127 Å². The molecular weight excluding hydrogens is 496 g/mol. The van der Waals surface area contributed by atoms with Gasteiger partial charge in [-0.15, -0.1) is 13.2 Å². The van der Waals surface area contributed by atoms with Crippen LogP contribution in [0.2, 0.25) is 0 Å². The SMILES string of the molecule is C=CCc1cc(C2CCC(C3CCC(CCC)CC3)CC2)cc(C(C)C=C)c1OCC1CCC(CCCCC)CC1. The van der Waals surface area contributed by atoms with Crippen LogP contribution in [0.3, 0.4) is 0 Å². The average Bonchev–Trinajstić information content (AvgIpc) is 3.01. The first-order chi connectivity index (χ1) is 20.1. The maximum atomic E-state index is 6.79. The minimum atomic E-state index is 0.303. The Morgan fingerprint density at radius 2 is 1.37 bits per heavy atom. The van der Waals surface area contributed by atoms with Gasteiger partial charge in [-0.2, -0.15) is 0 Å². The van der Waals surface area contributed by atoms with E-state index in [1.54, 1.807) is 5.56 Å². The lowest BCUT2D eigenvalue weighted by Gasteiger charge is -2.38. The van der Waals surface area contributed by atoms with Crippen molar-refractivity contribution in [1.82, 2.24) is 0 Å².